The second-order valence-corrected chi connectivity index (χ2v) is 8.84. The fourth-order valence-electron chi connectivity index (χ4n) is 4.65. The number of likely N-dealkylation sites (tertiary alicyclic amines) is 1. The van der Waals surface area contributed by atoms with E-state index in [4.69, 9.17) is 16.2 Å². The van der Waals surface area contributed by atoms with Crippen LogP contribution in [0.3, 0.4) is 0 Å². The molecule has 0 bridgehead atoms. The summed E-state index contributed by atoms with van der Waals surface area (Å²) in [5.74, 6) is -1.78. The summed E-state index contributed by atoms with van der Waals surface area (Å²) in [5.41, 5.74) is 10.5. The van der Waals surface area contributed by atoms with Gasteiger partial charge in [-0.15, -0.1) is 0 Å². The van der Waals surface area contributed by atoms with E-state index in [0.29, 0.717) is 38.1 Å². The fourth-order valence-corrected chi connectivity index (χ4v) is 4.65. The number of carboxylic acid groups (broad SMARTS) is 1. The quantitative estimate of drug-likeness (QED) is 0.149. The predicted octanol–water partition coefficient (Wildman–Crippen LogP) is 0.295. The smallest absolute Gasteiger partial charge is 0.407 e. The van der Waals surface area contributed by atoms with Gasteiger partial charge in [0.15, 0.2) is 5.96 Å². The van der Waals surface area contributed by atoms with Gasteiger partial charge in [0, 0.05) is 13.1 Å². The van der Waals surface area contributed by atoms with Crippen LogP contribution in [0.4, 0.5) is 4.79 Å². The Hall–Kier alpha value is -3.05. The molecule has 0 spiro atoms. The van der Waals surface area contributed by atoms with Crippen LogP contribution in [0.15, 0.2) is 4.99 Å². The van der Waals surface area contributed by atoms with Gasteiger partial charge in [0.25, 0.3) is 0 Å². The SMILES string of the molecule is CCOC(=O)NC(CC1CCCC1)C(=O)N1CCC[C@H]1C(=O)N[C@@H](CCCN=C(N)N)C(=O)O. The molecule has 0 aromatic rings. The van der Waals surface area contributed by atoms with E-state index < -0.39 is 36.1 Å². The summed E-state index contributed by atoms with van der Waals surface area (Å²) in [4.78, 5) is 55.3. The third kappa shape index (κ3) is 8.38. The average molecular weight is 483 g/mol. The van der Waals surface area contributed by atoms with Crippen molar-refractivity contribution in [3.05, 3.63) is 0 Å². The zero-order chi connectivity index (χ0) is 25.1. The van der Waals surface area contributed by atoms with Gasteiger partial charge >= 0.3 is 12.1 Å². The van der Waals surface area contributed by atoms with Crippen LogP contribution in [-0.4, -0.2) is 77.7 Å². The molecule has 7 N–H and O–H groups in total. The Bertz CT molecular complexity index is 750. The van der Waals surface area contributed by atoms with Gasteiger partial charge in [-0.3, -0.25) is 14.6 Å². The molecule has 1 saturated heterocycles. The number of hydrogen-bond acceptors (Lipinski definition) is 6. The monoisotopic (exact) mass is 482 g/mol. The fraction of sp³-hybridized carbons (Fsp3) is 0.773. The van der Waals surface area contributed by atoms with Gasteiger partial charge in [0.05, 0.1) is 6.61 Å². The minimum atomic E-state index is -1.17. The number of ether oxygens (including phenoxy) is 1. The first kappa shape index (κ1) is 27.2. The van der Waals surface area contributed by atoms with Gasteiger partial charge in [-0.05, 0) is 44.9 Å². The number of rotatable bonds is 12. The third-order valence-electron chi connectivity index (χ3n) is 6.31. The minimum Gasteiger partial charge on any atom is -0.480 e. The molecule has 12 heteroatoms. The first-order valence-electron chi connectivity index (χ1n) is 12.0. The van der Waals surface area contributed by atoms with Crippen molar-refractivity contribution in [2.24, 2.45) is 22.4 Å². The number of guanidine groups is 1. The van der Waals surface area contributed by atoms with Gasteiger partial charge in [-0.2, -0.15) is 0 Å². The summed E-state index contributed by atoms with van der Waals surface area (Å²) in [7, 11) is 0. The number of nitrogens with one attached hydrogen (secondary N) is 2. The molecular weight excluding hydrogens is 444 g/mol. The molecule has 1 heterocycles. The number of carbonyl (C=O) groups is 4. The van der Waals surface area contributed by atoms with E-state index in [1.54, 1.807) is 6.92 Å². The second-order valence-electron chi connectivity index (χ2n) is 8.84. The maximum absolute atomic E-state index is 13.4. The minimum absolute atomic E-state index is 0.0837. The van der Waals surface area contributed by atoms with Gasteiger partial charge in [-0.1, -0.05) is 25.7 Å². The molecule has 12 nitrogen and oxygen atoms in total. The number of amides is 3. The van der Waals surface area contributed by atoms with Gasteiger partial charge in [0.2, 0.25) is 11.8 Å². The number of nitrogens with two attached hydrogens (primary N) is 2. The van der Waals surface area contributed by atoms with Gasteiger partial charge < -0.3 is 36.8 Å². The lowest BCUT2D eigenvalue weighted by atomic mass is 9.97. The molecule has 1 aliphatic carbocycles. The first-order chi connectivity index (χ1) is 16.2. The topological polar surface area (TPSA) is 189 Å². The van der Waals surface area contributed by atoms with E-state index in [0.717, 1.165) is 25.7 Å². The number of nitrogens with zero attached hydrogens (tertiary/aromatic N) is 2. The summed E-state index contributed by atoms with van der Waals surface area (Å²) in [6.45, 7) is 2.48. The summed E-state index contributed by atoms with van der Waals surface area (Å²) in [5, 5.41) is 14.7. The van der Waals surface area contributed by atoms with Crippen LogP contribution in [0, 0.1) is 5.92 Å². The van der Waals surface area contributed by atoms with Gasteiger partial charge in [0.1, 0.15) is 18.1 Å². The molecule has 192 valence electrons. The van der Waals surface area contributed by atoms with E-state index in [2.05, 4.69) is 15.6 Å². The van der Waals surface area contributed by atoms with Crippen molar-refractivity contribution < 1.29 is 29.0 Å². The van der Waals surface area contributed by atoms with Crippen molar-refractivity contribution in [3.63, 3.8) is 0 Å². The molecule has 2 rings (SSSR count). The van der Waals surface area contributed by atoms with Gasteiger partial charge in [-0.25, -0.2) is 9.59 Å². The molecule has 3 amide bonds. The van der Waals surface area contributed by atoms with Crippen LogP contribution in [0.2, 0.25) is 0 Å². The molecule has 2 fully saturated rings. The summed E-state index contributed by atoms with van der Waals surface area (Å²) in [6, 6.07) is -2.70. The average Bonchev–Trinajstić information content (AvgIpc) is 3.46. The highest BCUT2D eigenvalue weighted by Crippen LogP contribution is 2.30. The van der Waals surface area contributed by atoms with Crippen molar-refractivity contribution in [1.29, 1.82) is 0 Å². The Kier molecular flexibility index (Phi) is 10.9. The molecule has 0 aromatic carbocycles. The van der Waals surface area contributed by atoms with E-state index in [-0.39, 0.29) is 31.4 Å². The molecule has 2 aliphatic rings. The zero-order valence-corrected chi connectivity index (χ0v) is 19.8. The number of aliphatic imine (C=N–C) groups is 1. The lowest BCUT2D eigenvalue weighted by Gasteiger charge is -2.30. The number of alkyl carbamates (subject to hydrolysis) is 1. The number of carbonyl (C=O) groups excluding carboxylic acids is 3. The lowest BCUT2D eigenvalue weighted by molar-refractivity contribution is -0.144. The highest BCUT2D eigenvalue weighted by atomic mass is 16.5. The van der Waals surface area contributed by atoms with Crippen LogP contribution in [0.25, 0.3) is 0 Å². The van der Waals surface area contributed by atoms with Crippen LogP contribution in [-0.2, 0) is 19.1 Å². The Morgan fingerprint density at radius 2 is 1.79 bits per heavy atom. The predicted molar refractivity (Wildman–Crippen MR) is 125 cm³/mol. The van der Waals surface area contributed by atoms with Crippen molar-refractivity contribution >= 4 is 29.8 Å². The lowest BCUT2D eigenvalue weighted by Crippen LogP contribution is -2.55. The first-order valence-corrected chi connectivity index (χ1v) is 12.0. The van der Waals surface area contributed by atoms with Crippen molar-refractivity contribution in [2.45, 2.75) is 82.8 Å². The van der Waals surface area contributed by atoms with Crippen molar-refractivity contribution in [2.75, 3.05) is 19.7 Å². The normalized spacial score (nSPS) is 19.8. The maximum Gasteiger partial charge on any atom is 0.407 e. The molecule has 3 atom stereocenters. The largest absolute Gasteiger partial charge is 0.480 e. The Morgan fingerprint density at radius 3 is 2.41 bits per heavy atom. The van der Waals surface area contributed by atoms with Crippen LogP contribution in [0.5, 0.6) is 0 Å². The second kappa shape index (κ2) is 13.6. The molecule has 34 heavy (non-hydrogen) atoms. The van der Waals surface area contributed by atoms with E-state index >= 15 is 0 Å². The van der Waals surface area contributed by atoms with Crippen molar-refractivity contribution in [1.82, 2.24) is 15.5 Å². The Balaban J connectivity index is 2.04. The Labute approximate surface area is 199 Å². The zero-order valence-electron chi connectivity index (χ0n) is 19.8. The highest BCUT2D eigenvalue weighted by molar-refractivity contribution is 5.93. The molecular formula is C22H38N6O6. The third-order valence-corrected chi connectivity index (χ3v) is 6.31. The van der Waals surface area contributed by atoms with Crippen LogP contribution < -0.4 is 22.1 Å². The van der Waals surface area contributed by atoms with E-state index in [9.17, 15) is 24.3 Å². The highest BCUT2D eigenvalue weighted by Gasteiger charge is 2.39. The van der Waals surface area contributed by atoms with Crippen LogP contribution in [0.1, 0.15) is 64.7 Å². The van der Waals surface area contributed by atoms with E-state index in [1.165, 1.54) is 4.90 Å². The molecule has 1 unspecified atom stereocenters. The van der Waals surface area contributed by atoms with Crippen molar-refractivity contribution in [3.8, 4) is 0 Å². The summed E-state index contributed by atoms with van der Waals surface area (Å²) < 4.78 is 4.97. The summed E-state index contributed by atoms with van der Waals surface area (Å²) in [6.07, 6.45) is 5.57. The standard InChI is InChI=1S/C22H38N6O6/c1-2-34-22(33)27-16(13-14-7-3-4-8-14)19(30)28-12-6-10-17(28)18(29)26-15(20(31)32)9-5-11-25-21(23)24/h14-17H,2-13H2,1H3,(H,26,29)(H,27,33)(H,31,32)(H4,23,24,25)/t15-,16?,17-/m0/s1. The Morgan fingerprint density at radius 1 is 1.09 bits per heavy atom. The number of carboxylic acids is 1. The molecule has 1 aliphatic heterocycles. The van der Waals surface area contributed by atoms with Crippen LogP contribution >= 0.6 is 0 Å². The molecule has 0 aromatic heterocycles. The van der Waals surface area contributed by atoms with E-state index in [1.807, 2.05) is 0 Å². The number of aliphatic carboxylic acids is 1. The molecule has 0 radical (unpaired) electrons. The summed E-state index contributed by atoms with van der Waals surface area (Å²) >= 11 is 0. The number of hydrogen-bond donors (Lipinski definition) is 5. The molecule has 1 saturated carbocycles. The maximum atomic E-state index is 13.4.